The van der Waals surface area contributed by atoms with Gasteiger partial charge in [-0.15, -0.1) is 0 Å². The maximum absolute atomic E-state index is 13.0. The predicted molar refractivity (Wildman–Crippen MR) is 62.1 cm³/mol. The smallest absolute Gasteiger partial charge is 0.339 e. The topological polar surface area (TPSA) is 67.5 Å². The zero-order valence-electron chi connectivity index (χ0n) is 9.43. The van der Waals surface area contributed by atoms with E-state index < -0.39 is 28.4 Å². The molecule has 19 heavy (non-hydrogen) atoms. The lowest BCUT2D eigenvalue weighted by Crippen LogP contribution is -2.03. The zero-order valence-corrected chi connectivity index (χ0v) is 10.2. The number of carboxylic acid groups (broad SMARTS) is 1. The van der Waals surface area contributed by atoms with E-state index >= 15 is 0 Å². The summed E-state index contributed by atoms with van der Waals surface area (Å²) in [5.41, 5.74) is -0.101. The van der Waals surface area contributed by atoms with Crippen LogP contribution in [-0.4, -0.2) is 15.3 Å². The van der Waals surface area contributed by atoms with Gasteiger partial charge in [-0.25, -0.2) is 13.6 Å². The summed E-state index contributed by atoms with van der Waals surface area (Å²) in [4.78, 5) is 10.9. The number of rotatable bonds is 4. The molecule has 0 aliphatic heterocycles. The van der Waals surface area contributed by atoms with E-state index in [1.165, 1.54) is 18.4 Å². The molecule has 7 heteroatoms. The molecule has 2 rings (SSSR count). The second-order valence-electron chi connectivity index (χ2n) is 3.63. The number of carboxylic acids is 1. The third-order valence-electron chi connectivity index (χ3n) is 2.39. The van der Waals surface area contributed by atoms with E-state index in [-0.39, 0.29) is 22.0 Å². The molecule has 0 saturated heterocycles. The van der Waals surface area contributed by atoms with Gasteiger partial charge >= 0.3 is 5.97 Å². The number of furan rings is 1. The fraction of sp³-hybridized carbons (Fsp3) is 0.0833. The molecular weight excluding hydrogens is 278 g/mol. The highest BCUT2D eigenvalue weighted by Crippen LogP contribution is 2.18. The Balaban J connectivity index is 2.23. The molecule has 0 radical (unpaired) electrons. The molecule has 0 aliphatic carbocycles. The van der Waals surface area contributed by atoms with Crippen molar-refractivity contribution in [1.82, 2.24) is 0 Å². The van der Waals surface area contributed by atoms with E-state index in [4.69, 9.17) is 9.52 Å². The largest absolute Gasteiger partial charge is 0.478 e. The molecule has 0 bridgehead atoms. The van der Waals surface area contributed by atoms with Crippen LogP contribution in [0, 0.1) is 11.6 Å². The molecule has 0 spiro atoms. The quantitative estimate of drug-likeness (QED) is 0.938. The standard InChI is InChI=1S/C12H8F2O4S/c13-9-2-1-7(5-10(9)14)19(17)6-11-8(12(15)16)3-4-18-11/h1-5H,6H2,(H,15,16). The molecule has 100 valence electrons. The summed E-state index contributed by atoms with van der Waals surface area (Å²) in [5, 5.41) is 8.85. The summed E-state index contributed by atoms with van der Waals surface area (Å²) < 4.78 is 42.6. The summed E-state index contributed by atoms with van der Waals surface area (Å²) in [5.74, 6) is -3.55. The Morgan fingerprint density at radius 1 is 1.26 bits per heavy atom. The van der Waals surface area contributed by atoms with E-state index in [0.717, 1.165) is 12.1 Å². The van der Waals surface area contributed by atoms with Crippen LogP contribution in [0.2, 0.25) is 0 Å². The molecule has 2 aromatic rings. The first-order chi connectivity index (χ1) is 8.99. The Hall–Kier alpha value is -2.02. The monoisotopic (exact) mass is 286 g/mol. The van der Waals surface area contributed by atoms with Gasteiger partial charge in [-0.3, -0.25) is 4.21 Å². The molecule has 1 heterocycles. The van der Waals surface area contributed by atoms with Crippen LogP contribution in [-0.2, 0) is 16.6 Å². The Kier molecular flexibility index (Phi) is 3.75. The maximum atomic E-state index is 13.0. The van der Waals surface area contributed by atoms with Crippen LogP contribution in [0.3, 0.4) is 0 Å². The number of carbonyl (C=O) groups is 1. The van der Waals surface area contributed by atoms with Crippen molar-refractivity contribution < 1.29 is 27.3 Å². The Morgan fingerprint density at radius 2 is 2.00 bits per heavy atom. The van der Waals surface area contributed by atoms with Gasteiger partial charge in [-0.1, -0.05) is 0 Å². The highest BCUT2D eigenvalue weighted by atomic mass is 32.2. The molecule has 0 amide bonds. The van der Waals surface area contributed by atoms with Crippen molar-refractivity contribution in [2.75, 3.05) is 0 Å². The van der Waals surface area contributed by atoms with E-state index in [2.05, 4.69) is 0 Å². The predicted octanol–water partition coefficient (Wildman–Crippen LogP) is 2.56. The second-order valence-corrected chi connectivity index (χ2v) is 5.08. The molecule has 1 atom stereocenters. The van der Waals surface area contributed by atoms with Gasteiger partial charge in [0.1, 0.15) is 11.3 Å². The van der Waals surface area contributed by atoms with Crippen LogP contribution in [0.1, 0.15) is 16.1 Å². The molecule has 0 aliphatic rings. The summed E-state index contributed by atoms with van der Waals surface area (Å²) in [6.07, 6.45) is 1.17. The van der Waals surface area contributed by atoms with Gasteiger partial charge < -0.3 is 9.52 Å². The van der Waals surface area contributed by atoms with E-state index in [1.54, 1.807) is 0 Å². The highest BCUT2D eigenvalue weighted by molar-refractivity contribution is 7.84. The lowest BCUT2D eigenvalue weighted by Gasteiger charge is -2.02. The highest BCUT2D eigenvalue weighted by Gasteiger charge is 2.17. The average Bonchev–Trinajstić information content (AvgIpc) is 2.80. The number of hydrogen-bond donors (Lipinski definition) is 1. The molecule has 4 nitrogen and oxygen atoms in total. The number of aromatic carboxylic acids is 1. The molecule has 1 N–H and O–H groups in total. The van der Waals surface area contributed by atoms with Crippen molar-refractivity contribution in [3.05, 3.63) is 53.5 Å². The fourth-order valence-corrected chi connectivity index (χ4v) is 2.55. The minimum Gasteiger partial charge on any atom is -0.478 e. The second kappa shape index (κ2) is 5.31. The SMILES string of the molecule is O=C(O)c1ccoc1CS(=O)c1ccc(F)c(F)c1. The summed E-state index contributed by atoms with van der Waals surface area (Å²) in [6.45, 7) is 0. The van der Waals surface area contributed by atoms with Gasteiger partial charge in [0, 0.05) is 4.90 Å². The van der Waals surface area contributed by atoms with Crippen LogP contribution < -0.4 is 0 Å². The zero-order chi connectivity index (χ0) is 14.0. The van der Waals surface area contributed by atoms with Gasteiger partial charge in [0.05, 0.1) is 22.8 Å². The number of halogens is 2. The van der Waals surface area contributed by atoms with Crippen molar-refractivity contribution in [3.8, 4) is 0 Å². The van der Waals surface area contributed by atoms with Crippen LogP contribution in [0.25, 0.3) is 0 Å². The van der Waals surface area contributed by atoms with Crippen molar-refractivity contribution in [3.63, 3.8) is 0 Å². The Morgan fingerprint density at radius 3 is 2.63 bits per heavy atom. The van der Waals surface area contributed by atoms with Crippen LogP contribution >= 0.6 is 0 Å². The molecular formula is C12H8F2O4S. The van der Waals surface area contributed by atoms with Gasteiger partial charge in [0.15, 0.2) is 11.6 Å². The summed E-state index contributed by atoms with van der Waals surface area (Å²) in [6, 6.07) is 4.09. The first kappa shape index (κ1) is 13.4. The molecule has 1 aromatic heterocycles. The molecule has 0 saturated carbocycles. The van der Waals surface area contributed by atoms with Crippen LogP contribution in [0.15, 0.2) is 39.8 Å². The summed E-state index contributed by atoms with van der Waals surface area (Å²) >= 11 is 0. The minimum absolute atomic E-state index is 0.0237. The third kappa shape index (κ3) is 2.87. The van der Waals surface area contributed by atoms with Crippen molar-refractivity contribution in [2.45, 2.75) is 10.6 Å². The lowest BCUT2D eigenvalue weighted by atomic mass is 10.3. The molecule has 1 aromatic carbocycles. The van der Waals surface area contributed by atoms with Gasteiger partial charge in [-0.05, 0) is 24.3 Å². The van der Waals surface area contributed by atoms with Crippen molar-refractivity contribution in [2.24, 2.45) is 0 Å². The molecule has 0 fully saturated rings. The molecule has 1 unspecified atom stereocenters. The van der Waals surface area contributed by atoms with Gasteiger partial charge in [-0.2, -0.15) is 0 Å². The van der Waals surface area contributed by atoms with Crippen molar-refractivity contribution >= 4 is 16.8 Å². The first-order valence-corrected chi connectivity index (χ1v) is 6.44. The van der Waals surface area contributed by atoms with Gasteiger partial charge in [0.2, 0.25) is 0 Å². The third-order valence-corrected chi connectivity index (χ3v) is 3.70. The summed E-state index contributed by atoms with van der Waals surface area (Å²) in [7, 11) is -1.72. The van der Waals surface area contributed by atoms with Crippen LogP contribution in [0.4, 0.5) is 8.78 Å². The Bertz CT molecular complexity index is 651. The number of hydrogen-bond acceptors (Lipinski definition) is 3. The Labute approximate surface area is 109 Å². The maximum Gasteiger partial charge on any atom is 0.339 e. The van der Waals surface area contributed by atoms with E-state index in [9.17, 15) is 17.8 Å². The van der Waals surface area contributed by atoms with Crippen molar-refractivity contribution in [1.29, 1.82) is 0 Å². The fourth-order valence-electron chi connectivity index (χ4n) is 1.46. The lowest BCUT2D eigenvalue weighted by molar-refractivity contribution is 0.0695. The van der Waals surface area contributed by atoms with E-state index in [0.29, 0.717) is 0 Å². The number of benzene rings is 1. The minimum atomic E-state index is -1.72. The normalized spacial score (nSPS) is 12.3. The van der Waals surface area contributed by atoms with Crippen LogP contribution in [0.5, 0.6) is 0 Å². The first-order valence-electron chi connectivity index (χ1n) is 5.12. The van der Waals surface area contributed by atoms with E-state index in [1.807, 2.05) is 0 Å². The average molecular weight is 286 g/mol. The van der Waals surface area contributed by atoms with Gasteiger partial charge in [0.25, 0.3) is 0 Å².